The first-order valence-electron chi connectivity index (χ1n) is 7.61. The number of benzene rings is 1. The van der Waals surface area contributed by atoms with Crippen molar-refractivity contribution >= 4 is 27.5 Å². The van der Waals surface area contributed by atoms with Gasteiger partial charge in [0.15, 0.2) is 0 Å². The molecule has 110 valence electrons. The number of rotatable bonds is 5. The molecule has 2 aliphatic rings. The van der Waals surface area contributed by atoms with Crippen LogP contribution in [0.2, 0.25) is 5.02 Å². The minimum atomic E-state index is 0.812. The van der Waals surface area contributed by atoms with Crippen LogP contribution in [-0.4, -0.2) is 30.6 Å². The second kappa shape index (κ2) is 6.78. The molecule has 2 fully saturated rings. The largest absolute Gasteiger partial charge is 0.317 e. The molecule has 1 aliphatic carbocycles. The SMILES string of the molecule is Clc1cc(CN(CC2CCNCC2)C2CC2)ccc1Br. The smallest absolute Gasteiger partial charge is 0.0551 e. The summed E-state index contributed by atoms with van der Waals surface area (Å²) in [4.78, 5) is 2.68. The third-order valence-electron chi connectivity index (χ3n) is 4.38. The van der Waals surface area contributed by atoms with Crippen molar-refractivity contribution in [2.24, 2.45) is 5.92 Å². The van der Waals surface area contributed by atoms with Crippen LogP contribution in [0.25, 0.3) is 0 Å². The predicted molar refractivity (Wildman–Crippen MR) is 88.2 cm³/mol. The molecule has 1 aromatic rings. The van der Waals surface area contributed by atoms with Crippen LogP contribution >= 0.6 is 27.5 Å². The molecule has 0 amide bonds. The highest BCUT2D eigenvalue weighted by Crippen LogP contribution is 2.31. The average molecular weight is 358 g/mol. The monoisotopic (exact) mass is 356 g/mol. The first-order valence-corrected chi connectivity index (χ1v) is 8.78. The Morgan fingerprint density at radius 3 is 2.60 bits per heavy atom. The molecule has 0 unspecified atom stereocenters. The van der Waals surface area contributed by atoms with E-state index in [1.165, 1.54) is 50.9 Å². The van der Waals surface area contributed by atoms with Crippen molar-refractivity contribution < 1.29 is 0 Å². The van der Waals surface area contributed by atoms with Gasteiger partial charge in [-0.2, -0.15) is 0 Å². The zero-order valence-corrected chi connectivity index (χ0v) is 14.1. The van der Waals surface area contributed by atoms with E-state index in [2.05, 4.69) is 44.3 Å². The van der Waals surface area contributed by atoms with Gasteiger partial charge in [0.05, 0.1) is 5.02 Å². The molecule has 1 N–H and O–H groups in total. The van der Waals surface area contributed by atoms with Gasteiger partial charge in [0.1, 0.15) is 0 Å². The molecule has 1 aliphatic heterocycles. The molecule has 0 bridgehead atoms. The lowest BCUT2D eigenvalue weighted by Crippen LogP contribution is -2.37. The Bertz CT molecular complexity index is 456. The molecule has 2 nitrogen and oxygen atoms in total. The first-order chi connectivity index (χ1) is 9.72. The number of halogens is 2. The topological polar surface area (TPSA) is 15.3 Å². The van der Waals surface area contributed by atoms with Gasteiger partial charge in [-0.05, 0) is 78.3 Å². The Labute approximate surface area is 135 Å². The van der Waals surface area contributed by atoms with E-state index in [-0.39, 0.29) is 0 Å². The maximum atomic E-state index is 6.21. The van der Waals surface area contributed by atoms with Crippen LogP contribution < -0.4 is 5.32 Å². The van der Waals surface area contributed by atoms with E-state index in [4.69, 9.17) is 11.6 Å². The third-order valence-corrected chi connectivity index (χ3v) is 5.62. The molecule has 20 heavy (non-hydrogen) atoms. The van der Waals surface area contributed by atoms with Crippen LogP contribution in [0, 0.1) is 5.92 Å². The second-order valence-corrected chi connectivity index (χ2v) is 7.36. The second-order valence-electron chi connectivity index (χ2n) is 6.10. The molecule has 1 heterocycles. The van der Waals surface area contributed by atoms with Crippen molar-refractivity contribution in [3.8, 4) is 0 Å². The Morgan fingerprint density at radius 2 is 1.95 bits per heavy atom. The van der Waals surface area contributed by atoms with Crippen molar-refractivity contribution in [1.29, 1.82) is 0 Å². The number of hydrogen-bond acceptors (Lipinski definition) is 2. The predicted octanol–water partition coefficient (Wildman–Crippen LogP) is 4.07. The van der Waals surface area contributed by atoms with Gasteiger partial charge >= 0.3 is 0 Å². The zero-order valence-electron chi connectivity index (χ0n) is 11.7. The lowest BCUT2D eigenvalue weighted by Gasteiger charge is -2.30. The fraction of sp³-hybridized carbons (Fsp3) is 0.625. The first kappa shape index (κ1) is 14.8. The van der Waals surface area contributed by atoms with Crippen molar-refractivity contribution in [2.75, 3.05) is 19.6 Å². The Balaban J connectivity index is 1.62. The average Bonchev–Trinajstić information content (AvgIpc) is 3.28. The van der Waals surface area contributed by atoms with Crippen LogP contribution in [-0.2, 0) is 6.54 Å². The Hall–Kier alpha value is -0.0900. The normalized spacial score (nSPS) is 20.6. The van der Waals surface area contributed by atoms with Gasteiger partial charge in [-0.25, -0.2) is 0 Å². The van der Waals surface area contributed by atoms with Crippen molar-refractivity contribution in [2.45, 2.75) is 38.3 Å². The summed E-state index contributed by atoms with van der Waals surface area (Å²) in [7, 11) is 0. The number of hydrogen-bond donors (Lipinski definition) is 1. The minimum Gasteiger partial charge on any atom is -0.317 e. The fourth-order valence-corrected chi connectivity index (χ4v) is 3.50. The van der Waals surface area contributed by atoms with Crippen LogP contribution in [0.15, 0.2) is 22.7 Å². The van der Waals surface area contributed by atoms with Gasteiger partial charge in [-0.1, -0.05) is 17.7 Å². The van der Waals surface area contributed by atoms with E-state index in [0.717, 1.165) is 28.0 Å². The van der Waals surface area contributed by atoms with Gasteiger partial charge < -0.3 is 5.32 Å². The van der Waals surface area contributed by atoms with Crippen molar-refractivity contribution in [1.82, 2.24) is 10.2 Å². The fourth-order valence-electron chi connectivity index (χ4n) is 3.05. The van der Waals surface area contributed by atoms with Gasteiger partial charge in [-0.3, -0.25) is 4.90 Å². The van der Waals surface area contributed by atoms with E-state index >= 15 is 0 Å². The van der Waals surface area contributed by atoms with Crippen molar-refractivity contribution in [3.63, 3.8) is 0 Å². The molecule has 0 aromatic heterocycles. The summed E-state index contributed by atoms with van der Waals surface area (Å²) in [6.45, 7) is 4.67. The maximum absolute atomic E-state index is 6.21. The summed E-state index contributed by atoms with van der Waals surface area (Å²) in [6, 6.07) is 7.16. The lowest BCUT2D eigenvalue weighted by molar-refractivity contribution is 0.190. The molecule has 4 heteroatoms. The Kier molecular flexibility index (Phi) is 5.03. The van der Waals surface area contributed by atoms with Crippen LogP contribution in [0.4, 0.5) is 0 Å². The highest BCUT2D eigenvalue weighted by atomic mass is 79.9. The minimum absolute atomic E-state index is 0.812. The molecule has 0 spiro atoms. The van der Waals surface area contributed by atoms with Crippen LogP contribution in [0.5, 0.6) is 0 Å². The molecular formula is C16H22BrClN2. The van der Waals surface area contributed by atoms with E-state index in [9.17, 15) is 0 Å². The van der Waals surface area contributed by atoms with Gasteiger partial charge in [0, 0.05) is 23.6 Å². The van der Waals surface area contributed by atoms with E-state index in [1.54, 1.807) is 0 Å². The summed E-state index contributed by atoms with van der Waals surface area (Å²) >= 11 is 9.67. The highest BCUT2D eigenvalue weighted by molar-refractivity contribution is 9.10. The number of nitrogens with one attached hydrogen (secondary N) is 1. The summed E-state index contributed by atoms with van der Waals surface area (Å²) in [5.74, 6) is 0.864. The molecule has 3 rings (SSSR count). The zero-order chi connectivity index (χ0) is 13.9. The summed E-state index contributed by atoms with van der Waals surface area (Å²) in [6.07, 6.45) is 5.39. The van der Waals surface area contributed by atoms with Gasteiger partial charge in [-0.15, -0.1) is 0 Å². The quantitative estimate of drug-likeness (QED) is 0.854. The van der Waals surface area contributed by atoms with Gasteiger partial charge in [0.2, 0.25) is 0 Å². The summed E-state index contributed by atoms with van der Waals surface area (Å²) in [5, 5.41) is 4.27. The van der Waals surface area contributed by atoms with Gasteiger partial charge in [0.25, 0.3) is 0 Å². The summed E-state index contributed by atoms with van der Waals surface area (Å²) in [5.41, 5.74) is 1.33. The lowest BCUT2D eigenvalue weighted by atomic mass is 9.97. The third kappa shape index (κ3) is 3.97. The van der Waals surface area contributed by atoms with Crippen LogP contribution in [0.1, 0.15) is 31.2 Å². The van der Waals surface area contributed by atoms with E-state index < -0.39 is 0 Å². The maximum Gasteiger partial charge on any atom is 0.0551 e. The highest BCUT2D eigenvalue weighted by Gasteiger charge is 2.30. The Morgan fingerprint density at radius 1 is 1.20 bits per heavy atom. The molecular weight excluding hydrogens is 336 g/mol. The van der Waals surface area contributed by atoms with E-state index in [0.29, 0.717) is 0 Å². The molecule has 1 saturated carbocycles. The molecule has 0 atom stereocenters. The molecule has 1 saturated heterocycles. The number of nitrogens with zero attached hydrogens (tertiary/aromatic N) is 1. The van der Waals surface area contributed by atoms with Crippen molar-refractivity contribution in [3.05, 3.63) is 33.3 Å². The summed E-state index contributed by atoms with van der Waals surface area (Å²) < 4.78 is 0.985. The molecule has 1 aromatic carbocycles. The van der Waals surface area contributed by atoms with E-state index in [1.807, 2.05) is 0 Å². The standard InChI is InChI=1S/C16H22BrClN2/c17-15-4-1-13(9-16(15)18)11-20(14-2-3-14)10-12-5-7-19-8-6-12/h1,4,9,12,14,19H,2-3,5-8,10-11H2. The molecule has 0 radical (unpaired) electrons. The van der Waals surface area contributed by atoms with Crippen LogP contribution in [0.3, 0.4) is 0 Å². The number of piperidine rings is 1.